The van der Waals surface area contributed by atoms with Gasteiger partial charge < -0.3 is 21.1 Å². The predicted octanol–water partition coefficient (Wildman–Crippen LogP) is 1.20. The van der Waals surface area contributed by atoms with E-state index < -0.39 is 0 Å². The number of hydrogen-bond acceptors (Lipinski definition) is 6. The van der Waals surface area contributed by atoms with Crippen molar-refractivity contribution in [3.8, 4) is 0 Å². The summed E-state index contributed by atoms with van der Waals surface area (Å²) in [5.41, 5.74) is 0.482. The number of piperidine rings is 1. The molecule has 1 aliphatic carbocycles. The van der Waals surface area contributed by atoms with E-state index in [4.69, 9.17) is 0 Å². The largest absolute Gasteiger partial charge is 0.393 e. The van der Waals surface area contributed by atoms with E-state index in [0.717, 1.165) is 45.3 Å². The van der Waals surface area contributed by atoms with E-state index in [9.17, 15) is 9.90 Å². The van der Waals surface area contributed by atoms with Gasteiger partial charge in [-0.1, -0.05) is 0 Å². The Kier molecular flexibility index (Phi) is 7.40. The number of halogens is 1. The SMILES string of the molecule is CCNc1ncc(C(=O)NC(C2CCNCC2)C2CC(O)C2)cn1.Cl. The number of carbonyl (C=O) groups excluding carboxylic acids is 1. The van der Waals surface area contributed by atoms with E-state index in [-0.39, 0.29) is 30.5 Å². The fourth-order valence-corrected chi connectivity index (χ4v) is 3.68. The molecule has 1 unspecified atom stereocenters. The summed E-state index contributed by atoms with van der Waals surface area (Å²) in [6.45, 7) is 4.70. The van der Waals surface area contributed by atoms with Crippen LogP contribution < -0.4 is 16.0 Å². The van der Waals surface area contributed by atoms with Gasteiger partial charge in [-0.15, -0.1) is 12.4 Å². The molecule has 2 fully saturated rings. The van der Waals surface area contributed by atoms with Gasteiger partial charge in [0.05, 0.1) is 11.7 Å². The van der Waals surface area contributed by atoms with Gasteiger partial charge in [-0.3, -0.25) is 4.79 Å². The molecule has 1 amide bonds. The van der Waals surface area contributed by atoms with E-state index in [1.807, 2.05) is 6.92 Å². The molecule has 1 saturated heterocycles. The summed E-state index contributed by atoms with van der Waals surface area (Å²) in [5.74, 6) is 1.25. The Morgan fingerprint density at radius 3 is 2.48 bits per heavy atom. The molecule has 1 saturated carbocycles. The second-order valence-corrected chi connectivity index (χ2v) is 6.80. The van der Waals surface area contributed by atoms with Crippen LogP contribution >= 0.6 is 12.4 Å². The maximum Gasteiger partial charge on any atom is 0.254 e. The molecular weight excluding hydrogens is 342 g/mol. The maximum absolute atomic E-state index is 12.6. The molecule has 3 rings (SSSR count). The van der Waals surface area contributed by atoms with Gasteiger partial charge >= 0.3 is 0 Å². The smallest absolute Gasteiger partial charge is 0.254 e. The number of nitrogens with zero attached hydrogens (tertiary/aromatic N) is 2. The summed E-state index contributed by atoms with van der Waals surface area (Å²) >= 11 is 0. The van der Waals surface area contributed by atoms with Crippen molar-refractivity contribution in [1.29, 1.82) is 0 Å². The standard InChI is InChI=1S/C17H27N5O2.ClH/c1-2-19-17-20-9-13(10-21-17)16(24)22-15(12-7-14(23)8-12)11-3-5-18-6-4-11;/h9-12,14-15,18,23H,2-8H2,1H3,(H,22,24)(H,19,20,21);1H. The lowest BCUT2D eigenvalue weighted by Gasteiger charge is -2.43. The van der Waals surface area contributed by atoms with Gasteiger partial charge in [-0.05, 0) is 57.5 Å². The Balaban J connectivity index is 0.00000225. The summed E-state index contributed by atoms with van der Waals surface area (Å²) in [6.07, 6.45) is 6.61. The van der Waals surface area contributed by atoms with E-state index >= 15 is 0 Å². The van der Waals surface area contributed by atoms with Crippen LogP contribution in [0.1, 0.15) is 43.0 Å². The summed E-state index contributed by atoms with van der Waals surface area (Å²) < 4.78 is 0. The molecule has 0 radical (unpaired) electrons. The fraction of sp³-hybridized carbons (Fsp3) is 0.706. The molecule has 0 aromatic carbocycles. The first-order chi connectivity index (χ1) is 11.7. The molecule has 1 aliphatic heterocycles. The van der Waals surface area contributed by atoms with Gasteiger partial charge in [0.2, 0.25) is 5.95 Å². The third-order valence-electron chi connectivity index (χ3n) is 5.10. The topological polar surface area (TPSA) is 99.2 Å². The van der Waals surface area contributed by atoms with Crippen molar-refractivity contribution in [2.75, 3.05) is 25.0 Å². The summed E-state index contributed by atoms with van der Waals surface area (Å²) in [5, 5.41) is 19.2. The first kappa shape index (κ1) is 19.9. The van der Waals surface area contributed by atoms with Crippen molar-refractivity contribution in [3.05, 3.63) is 18.0 Å². The normalized spacial score (nSPS) is 24.6. The monoisotopic (exact) mass is 369 g/mol. The Morgan fingerprint density at radius 1 is 1.28 bits per heavy atom. The lowest BCUT2D eigenvalue weighted by atomic mass is 9.71. The predicted molar refractivity (Wildman–Crippen MR) is 99.0 cm³/mol. The first-order valence-corrected chi connectivity index (χ1v) is 8.93. The van der Waals surface area contributed by atoms with Crippen LogP contribution in [0.3, 0.4) is 0 Å². The highest BCUT2D eigenvalue weighted by atomic mass is 35.5. The quantitative estimate of drug-likeness (QED) is 0.601. The van der Waals surface area contributed by atoms with Crippen LogP contribution in [0.5, 0.6) is 0 Å². The molecule has 0 spiro atoms. The van der Waals surface area contributed by atoms with Crippen molar-refractivity contribution >= 4 is 24.3 Å². The van der Waals surface area contributed by atoms with Crippen molar-refractivity contribution in [1.82, 2.24) is 20.6 Å². The average Bonchev–Trinajstić information content (AvgIpc) is 2.59. The molecule has 2 aliphatic rings. The summed E-state index contributed by atoms with van der Waals surface area (Å²) in [7, 11) is 0. The van der Waals surface area contributed by atoms with E-state index in [1.165, 1.54) is 0 Å². The van der Waals surface area contributed by atoms with E-state index in [0.29, 0.717) is 23.3 Å². The number of anilines is 1. The minimum atomic E-state index is -0.209. The first-order valence-electron chi connectivity index (χ1n) is 8.93. The lowest BCUT2D eigenvalue weighted by Crippen LogP contribution is -2.52. The van der Waals surface area contributed by atoms with Crippen molar-refractivity contribution in [2.24, 2.45) is 11.8 Å². The van der Waals surface area contributed by atoms with Gasteiger partial charge in [0.1, 0.15) is 0 Å². The zero-order chi connectivity index (χ0) is 16.9. The van der Waals surface area contributed by atoms with Crippen LogP contribution in [0.4, 0.5) is 5.95 Å². The van der Waals surface area contributed by atoms with Crippen LogP contribution in [0, 0.1) is 11.8 Å². The zero-order valence-corrected chi connectivity index (χ0v) is 15.4. The van der Waals surface area contributed by atoms with Crippen LogP contribution in [0.25, 0.3) is 0 Å². The molecule has 7 nitrogen and oxygen atoms in total. The third-order valence-corrected chi connectivity index (χ3v) is 5.10. The molecule has 25 heavy (non-hydrogen) atoms. The van der Waals surface area contributed by atoms with Gasteiger partial charge in [-0.2, -0.15) is 0 Å². The summed E-state index contributed by atoms with van der Waals surface area (Å²) in [6, 6.07) is 0.122. The number of amides is 1. The molecule has 1 atom stereocenters. The second kappa shape index (κ2) is 9.31. The number of rotatable bonds is 6. The third kappa shape index (κ3) is 5.03. The van der Waals surface area contributed by atoms with Gasteiger partial charge in [0.25, 0.3) is 5.91 Å². The molecule has 1 aromatic rings. The minimum Gasteiger partial charge on any atom is -0.393 e. The average molecular weight is 370 g/mol. The number of carbonyl (C=O) groups is 1. The van der Waals surface area contributed by atoms with E-state index in [1.54, 1.807) is 12.4 Å². The number of hydrogen-bond donors (Lipinski definition) is 4. The second-order valence-electron chi connectivity index (χ2n) is 6.80. The summed E-state index contributed by atoms with van der Waals surface area (Å²) in [4.78, 5) is 20.9. The number of aliphatic hydroxyl groups excluding tert-OH is 1. The van der Waals surface area contributed by atoms with Crippen molar-refractivity contribution in [3.63, 3.8) is 0 Å². The number of aliphatic hydroxyl groups is 1. The Bertz CT molecular complexity index is 544. The van der Waals surface area contributed by atoms with E-state index in [2.05, 4.69) is 25.9 Å². The van der Waals surface area contributed by atoms with Crippen LogP contribution in [-0.4, -0.2) is 52.8 Å². The molecule has 8 heteroatoms. The number of aromatic nitrogens is 2. The lowest BCUT2D eigenvalue weighted by molar-refractivity contribution is 0.00918. The maximum atomic E-state index is 12.6. The molecule has 140 valence electrons. The van der Waals surface area contributed by atoms with Crippen LogP contribution in [0.2, 0.25) is 0 Å². The zero-order valence-electron chi connectivity index (χ0n) is 14.6. The Hall–Kier alpha value is -1.44. The van der Waals surface area contributed by atoms with Crippen LogP contribution in [-0.2, 0) is 0 Å². The Labute approximate surface area is 154 Å². The molecule has 4 N–H and O–H groups in total. The van der Waals surface area contributed by atoms with Gasteiger partial charge in [-0.25, -0.2) is 9.97 Å². The fourth-order valence-electron chi connectivity index (χ4n) is 3.68. The van der Waals surface area contributed by atoms with Gasteiger partial charge in [0.15, 0.2) is 0 Å². The van der Waals surface area contributed by atoms with Crippen molar-refractivity contribution < 1.29 is 9.90 Å². The van der Waals surface area contributed by atoms with Crippen molar-refractivity contribution in [2.45, 2.75) is 44.8 Å². The number of nitrogens with one attached hydrogen (secondary N) is 3. The highest BCUT2D eigenvalue weighted by Crippen LogP contribution is 2.35. The molecule has 1 aromatic heterocycles. The molecule has 2 heterocycles. The molecular formula is C17H28ClN5O2. The minimum absolute atomic E-state index is 0. The highest BCUT2D eigenvalue weighted by molar-refractivity contribution is 5.93. The van der Waals surface area contributed by atoms with Gasteiger partial charge in [0, 0.05) is 25.0 Å². The Morgan fingerprint density at radius 2 is 1.92 bits per heavy atom. The van der Waals surface area contributed by atoms with Crippen LogP contribution in [0.15, 0.2) is 12.4 Å². The molecule has 0 bridgehead atoms. The highest BCUT2D eigenvalue weighted by Gasteiger charge is 2.39.